The van der Waals surface area contributed by atoms with Crippen LogP contribution in [0.2, 0.25) is 0 Å². The minimum atomic E-state index is -0.399. The largest absolute Gasteiger partial charge is 0.393 e. The van der Waals surface area contributed by atoms with Gasteiger partial charge in [0, 0.05) is 30.9 Å². The fourth-order valence-electron chi connectivity index (χ4n) is 8.16. The number of nitrogens with zero attached hydrogens (tertiary/aromatic N) is 3. The van der Waals surface area contributed by atoms with Crippen molar-refractivity contribution >= 4 is 23.5 Å². The third kappa shape index (κ3) is 5.65. The zero-order chi connectivity index (χ0) is 26.1. The predicted molar refractivity (Wildman–Crippen MR) is 150 cm³/mol. The average molecular weight is 541 g/mol. The Balaban J connectivity index is 1.06. The Morgan fingerprint density at radius 2 is 1.87 bits per heavy atom. The van der Waals surface area contributed by atoms with Crippen molar-refractivity contribution in [2.45, 2.75) is 81.5 Å². The molecule has 0 aromatic carbocycles. The molecule has 0 amide bonds. The number of halogens is 1. The molecule has 5 aliphatic carbocycles. The Labute approximate surface area is 229 Å². The van der Waals surface area contributed by atoms with E-state index in [0.29, 0.717) is 30.3 Å². The average Bonchev–Trinajstić information content (AvgIpc) is 2.92. The van der Waals surface area contributed by atoms with Crippen LogP contribution in [0.3, 0.4) is 0 Å². The van der Waals surface area contributed by atoms with Crippen molar-refractivity contribution in [3.8, 4) is 0 Å². The molecule has 5 saturated carbocycles. The summed E-state index contributed by atoms with van der Waals surface area (Å²) in [7, 11) is 0. The van der Waals surface area contributed by atoms with Crippen molar-refractivity contribution in [2.75, 3.05) is 30.0 Å². The molecular formula is C29H41FN6OS. The number of anilines is 2. The van der Waals surface area contributed by atoms with E-state index < -0.39 is 5.82 Å². The van der Waals surface area contributed by atoms with Crippen LogP contribution in [0.1, 0.15) is 63.4 Å². The zero-order valence-corrected chi connectivity index (χ0v) is 23.2. The number of thioether (sulfide) groups is 1. The molecule has 0 radical (unpaired) electrons. The smallest absolute Gasteiger partial charge is 0.225 e. The molecule has 0 saturated heterocycles. The molecule has 4 bridgehead atoms. The molecule has 2 aromatic heterocycles. The van der Waals surface area contributed by atoms with Crippen molar-refractivity contribution in [3.05, 3.63) is 35.9 Å². The molecule has 2 heterocycles. The Morgan fingerprint density at radius 3 is 2.63 bits per heavy atom. The first-order valence-electron chi connectivity index (χ1n) is 14.4. The number of hydrogen-bond acceptors (Lipinski definition) is 8. The lowest BCUT2D eigenvalue weighted by atomic mass is 9.48. The standard InChI is InChI=1S/C29H41FN6OS/c1-38-27-20(3-2-8-31-27)15-33-28-34-16-24(30)26(36-28)35-17-29-11-19-9-21(12-29)25(22(10-19)13-29)32-14-18-4-6-23(37)7-5-18/h2-3,8,16,18-19,21-23,25,32,37H,4-7,9-15,17H2,1H3,(H2,33,34,35,36)/t18?,19?,21-,22+,23?,25?,29?. The number of aromatic nitrogens is 3. The van der Waals surface area contributed by atoms with E-state index in [1.165, 1.54) is 38.3 Å². The van der Waals surface area contributed by atoms with E-state index >= 15 is 0 Å². The minimum absolute atomic E-state index is 0.0828. The second-order valence-electron chi connectivity index (χ2n) is 12.3. The maximum absolute atomic E-state index is 14.7. The Kier molecular flexibility index (Phi) is 7.78. The lowest BCUT2D eigenvalue weighted by molar-refractivity contribution is -0.0705. The monoisotopic (exact) mass is 540 g/mol. The van der Waals surface area contributed by atoms with Crippen LogP contribution in [0.5, 0.6) is 0 Å². The van der Waals surface area contributed by atoms with E-state index in [-0.39, 0.29) is 11.5 Å². The van der Waals surface area contributed by atoms with Crippen LogP contribution in [0.25, 0.3) is 0 Å². The molecule has 38 heavy (non-hydrogen) atoms. The van der Waals surface area contributed by atoms with Crippen LogP contribution in [0.15, 0.2) is 29.6 Å². The highest BCUT2D eigenvalue weighted by Crippen LogP contribution is 2.60. The SMILES string of the molecule is CSc1ncccc1CNc1ncc(F)c(NCC23CC4C[C@H](C2)C(NCC2CCC(O)CC2)[C@@H](C4)C3)n1. The van der Waals surface area contributed by atoms with Gasteiger partial charge in [0.2, 0.25) is 5.95 Å². The first-order chi connectivity index (χ1) is 18.5. The summed E-state index contributed by atoms with van der Waals surface area (Å²) in [5.74, 6) is 3.27. The number of hydrogen-bond donors (Lipinski definition) is 4. The number of rotatable bonds is 10. The van der Waals surface area contributed by atoms with Gasteiger partial charge < -0.3 is 21.1 Å². The Hall–Kier alpha value is -1.97. The summed E-state index contributed by atoms with van der Waals surface area (Å²) in [6, 6.07) is 4.57. The summed E-state index contributed by atoms with van der Waals surface area (Å²) in [6.07, 6.45) is 15.5. The molecule has 2 aromatic rings. The van der Waals surface area contributed by atoms with Crippen molar-refractivity contribution in [3.63, 3.8) is 0 Å². The summed E-state index contributed by atoms with van der Waals surface area (Å²) >= 11 is 1.60. The molecule has 3 unspecified atom stereocenters. The van der Waals surface area contributed by atoms with Gasteiger partial charge in [0.25, 0.3) is 0 Å². The van der Waals surface area contributed by atoms with Crippen LogP contribution < -0.4 is 16.0 Å². The molecule has 0 aliphatic heterocycles. The fraction of sp³-hybridized carbons (Fsp3) is 0.690. The Morgan fingerprint density at radius 1 is 1.08 bits per heavy atom. The second-order valence-corrected chi connectivity index (χ2v) is 13.1. The van der Waals surface area contributed by atoms with Crippen LogP contribution in [0.4, 0.5) is 16.2 Å². The van der Waals surface area contributed by atoms with Gasteiger partial charge in [0.1, 0.15) is 5.03 Å². The van der Waals surface area contributed by atoms with Crippen LogP contribution in [-0.2, 0) is 6.54 Å². The molecule has 7 nitrogen and oxygen atoms in total. The first-order valence-corrected chi connectivity index (χ1v) is 15.6. The molecule has 4 N–H and O–H groups in total. The van der Waals surface area contributed by atoms with Crippen LogP contribution >= 0.6 is 11.8 Å². The predicted octanol–water partition coefficient (Wildman–Crippen LogP) is 5.09. The van der Waals surface area contributed by atoms with E-state index in [1.807, 2.05) is 18.4 Å². The summed E-state index contributed by atoms with van der Waals surface area (Å²) in [5, 5.41) is 21.4. The van der Waals surface area contributed by atoms with Gasteiger partial charge in [-0.15, -0.1) is 11.8 Å². The highest BCUT2D eigenvalue weighted by Gasteiger charge is 2.55. The van der Waals surface area contributed by atoms with Gasteiger partial charge in [-0.3, -0.25) is 0 Å². The minimum Gasteiger partial charge on any atom is -0.393 e. The van der Waals surface area contributed by atoms with E-state index in [2.05, 4.69) is 30.9 Å². The van der Waals surface area contributed by atoms with Gasteiger partial charge in [-0.1, -0.05) is 6.07 Å². The number of pyridine rings is 1. The molecule has 5 atom stereocenters. The maximum Gasteiger partial charge on any atom is 0.225 e. The zero-order valence-electron chi connectivity index (χ0n) is 22.3. The van der Waals surface area contributed by atoms with E-state index in [9.17, 15) is 9.50 Å². The quantitative estimate of drug-likeness (QED) is 0.310. The van der Waals surface area contributed by atoms with E-state index in [4.69, 9.17) is 0 Å². The highest BCUT2D eigenvalue weighted by atomic mass is 32.2. The summed E-state index contributed by atoms with van der Waals surface area (Å²) in [4.78, 5) is 13.1. The van der Waals surface area contributed by atoms with Gasteiger partial charge in [-0.05, 0) is 106 Å². The molecular weight excluding hydrogens is 499 g/mol. The van der Waals surface area contributed by atoms with Crippen LogP contribution in [-0.4, -0.2) is 51.5 Å². The normalized spacial score (nSPS) is 33.9. The molecule has 7 rings (SSSR count). The van der Waals surface area contributed by atoms with E-state index in [0.717, 1.165) is 67.1 Å². The fourth-order valence-corrected chi connectivity index (χ4v) is 8.73. The maximum atomic E-state index is 14.7. The molecule has 5 fully saturated rings. The molecule has 0 spiro atoms. The number of aliphatic hydroxyl groups excluding tert-OH is 1. The molecule has 9 heteroatoms. The van der Waals surface area contributed by atoms with Gasteiger partial charge in [0.05, 0.1) is 12.3 Å². The number of aliphatic hydroxyl groups is 1. The topological polar surface area (TPSA) is 95.0 Å². The van der Waals surface area contributed by atoms with Crippen molar-refractivity contribution < 1.29 is 9.50 Å². The van der Waals surface area contributed by atoms with E-state index in [1.54, 1.807) is 18.0 Å². The Bertz CT molecular complexity index is 1100. The van der Waals surface area contributed by atoms with Crippen molar-refractivity contribution in [1.29, 1.82) is 0 Å². The second kappa shape index (κ2) is 11.3. The van der Waals surface area contributed by atoms with Crippen LogP contribution in [0, 0.1) is 34.9 Å². The van der Waals surface area contributed by atoms with Gasteiger partial charge in [-0.25, -0.2) is 14.4 Å². The summed E-state index contributed by atoms with van der Waals surface area (Å²) in [6.45, 7) is 2.41. The summed E-state index contributed by atoms with van der Waals surface area (Å²) < 4.78 is 14.7. The highest BCUT2D eigenvalue weighted by molar-refractivity contribution is 7.98. The number of nitrogens with one attached hydrogen (secondary N) is 3. The molecule has 206 valence electrons. The van der Waals surface area contributed by atoms with Gasteiger partial charge >= 0.3 is 0 Å². The third-order valence-corrected chi connectivity index (χ3v) is 10.5. The van der Waals surface area contributed by atoms with Gasteiger partial charge in [0.15, 0.2) is 11.6 Å². The summed E-state index contributed by atoms with van der Waals surface area (Å²) in [5.41, 5.74) is 1.30. The first kappa shape index (κ1) is 26.3. The van der Waals surface area contributed by atoms with Crippen molar-refractivity contribution in [1.82, 2.24) is 20.3 Å². The van der Waals surface area contributed by atoms with Gasteiger partial charge in [-0.2, -0.15) is 4.98 Å². The van der Waals surface area contributed by atoms with Crippen molar-refractivity contribution in [2.24, 2.45) is 29.1 Å². The lowest BCUT2D eigenvalue weighted by Crippen LogP contribution is -2.60. The third-order valence-electron chi connectivity index (χ3n) is 9.71. The lowest BCUT2D eigenvalue weighted by Gasteiger charge is -2.60. The molecule has 5 aliphatic rings.